The molecule has 6 rings (SSSR count). The number of aromatic hydroxyl groups is 1. The van der Waals surface area contributed by atoms with E-state index in [0.29, 0.717) is 23.1 Å². The Morgan fingerprint density at radius 2 is 1.80 bits per heavy atom. The molecule has 0 spiro atoms. The van der Waals surface area contributed by atoms with E-state index in [0.717, 1.165) is 11.4 Å². The van der Waals surface area contributed by atoms with Crippen molar-refractivity contribution in [1.29, 1.82) is 0 Å². The van der Waals surface area contributed by atoms with Crippen LogP contribution in [0.15, 0.2) is 35.5 Å². The van der Waals surface area contributed by atoms with Crippen molar-refractivity contribution in [2.24, 2.45) is 40.6 Å². The Balaban J connectivity index is 1.42. The van der Waals surface area contributed by atoms with Gasteiger partial charge in [0.05, 0.1) is 25.2 Å². The average molecular weight is 338 g/mol. The van der Waals surface area contributed by atoms with Gasteiger partial charge >= 0.3 is 0 Å². The van der Waals surface area contributed by atoms with Crippen LogP contribution in [0.25, 0.3) is 0 Å². The van der Waals surface area contributed by atoms with Gasteiger partial charge in [0, 0.05) is 0 Å². The van der Waals surface area contributed by atoms with Crippen molar-refractivity contribution in [3.8, 4) is 11.5 Å². The van der Waals surface area contributed by atoms with Gasteiger partial charge in [0.1, 0.15) is 0 Å². The fourth-order valence-corrected chi connectivity index (χ4v) is 4.95. The molecule has 0 unspecified atom stereocenters. The molecule has 6 nitrogen and oxygen atoms in total. The van der Waals surface area contributed by atoms with Crippen LogP contribution in [0.5, 0.6) is 11.5 Å². The number of carbonyl (C=O) groups is 2. The van der Waals surface area contributed by atoms with Crippen molar-refractivity contribution in [3.05, 3.63) is 35.9 Å². The van der Waals surface area contributed by atoms with Gasteiger partial charge in [-0.25, -0.2) is 0 Å². The summed E-state index contributed by atoms with van der Waals surface area (Å²) in [6.07, 6.45) is 6.89. The Morgan fingerprint density at radius 3 is 2.40 bits per heavy atom. The summed E-state index contributed by atoms with van der Waals surface area (Å²) in [7, 11) is 1.46. The standard InChI is InChI=1S/C19H18N2O4/c1-25-15-6-9(2-5-14(15)22)8-20-21-18(23)16-10-3-4-11(13-7-12(10)13)17(16)19(21)24/h2-6,8,10-13,16-17,22H,7H2,1H3/b20-8-/t10-,11-,12-,13+,16-,17-/m1/s1. The highest BCUT2D eigenvalue weighted by Gasteiger charge is 2.67. The van der Waals surface area contributed by atoms with Crippen LogP contribution < -0.4 is 4.74 Å². The predicted octanol–water partition coefficient (Wildman–Crippen LogP) is 1.79. The number of phenols is 1. The maximum atomic E-state index is 12.8. The number of amides is 2. The number of imide groups is 1. The van der Waals surface area contributed by atoms with Crippen LogP contribution in [-0.4, -0.2) is 35.3 Å². The number of ether oxygens (including phenoxy) is 1. The van der Waals surface area contributed by atoms with Gasteiger partial charge in [-0.15, -0.1) is 0 Å². The van der Waals surface area contributed by atoms with Gasteiger partial charge in [-0.05, 0) is 53.9 Å². The molecule has 2 bridgehead atoms. The number of methoxy groups -OCH3 is 1. The third kappa shape index (κ3) is 1.94. The van der Waals surface area contributed by atoms with Crippen molar-refractivity contribution in [2.75, 3.05) is 7.11 Å². The van der Waals surface area contributed by atoms with Crippen molar-refractivity contribution < 1.29 is 19.4 Å². The number of hydrogen-bond donors (Lipinski definition) is 1. The van der Waals surface area contributed by atoms with Gasteiger partial charge in [0.2, 0.25) is 0 Å². The van der Waals surface area contributed by atoms with Gasteiger partial charge in [-0.2, -0.15) is 10.1 Å². The number of hydrogen-bond acceptors (Lipinski definition) is 5. The second kappa shape index (κ2) is 4.94. The van der Waals surface area contributed by atoms with Gasteiger partial charge in [-0.3, -0.25) is 9.59 Å². The summed E-state index contributed by atoms with van der Waals surface area (Å²) in [4.78, 5) is 25.6. The number of benzene rings is 1. The molecule has 2 amide bonds. The second-order valence-electron chi connectivity index (χ2n) is 7.32. The first-order valence-corrected chi connectivity index (χ1v) is 8.57. The molecule has 2 saturated carbocycles. The Labute approximate surface area is 144 Å². The van der Waals surface area contributed by atoms with E-state index in [9.17, 15) is 14.7 Å². The molecular formula is C19H18N2O4. The third-order valence-electron chi connectivity index (χ3n) is 6.17. The van der Waals surface area contributed by atoms with Crippen LogP contribution >= 0.6 is 0 Å². The Morgan fingerprint density at radius 1 is 1.16 bits per heavy atom. The molecule has 0 radical (unpaired) electrons. The lowest BCUT2D eigenvalue weighted by molar-refractivity contribution is -0.140. The van der Waals surface area contributed by atoms with E-state index in [1.54, 1.807) is 12.1 Å². The summed E-state index contributed by atoms with van der Waals surface area (Å²) < 4.78 is 5.06. The lowest BCUT2D eigenvalue weighted by Crippen LogP contribution is -2.40. The molecule has 128 valence electrons. The van der Waals surface area contributed by atoms with Crippen molar-refractivity contribution in [2.45, 2.75) is 6.42 Å². The monoisotopic (exact) mass is 338 g/mol. The van der Waals surface area contributed by atoms with E-state index in [2.05, 4.69) is 17.3 Å². The molecule has 6 heteroatoms. The zero-order valence-electron chi connectivity index (χ0n) is 13.7. The maximum Gasteiger partial charge on any atom is 0.254 e. The van der Waals surface area contributed by atoms with Crippen molar-refractivity contribution in [1.82, 2.24) is 5.01 Å². The fourth-order valence-electron chi connectivity index (χ4n) is 4.95. The Bertz CT molecular complexity index is 810. The molecular weight excluding hydrogens is 320 g/mol. The van der Waals surface area contributed by atoms with E-state index in [1.165, 1.54) is 19.4 Å². The maximum absolute atomic E-state index is 12.8. The molecule has 1 heterocycles. The van der Waals surface area contributed by atoms with Gasteiger partial charge < -0.3 is 9.84 Å². The molecule has 3 fully saturated rings. The van der Waals surface area contributed by atoms with E-state index in [4.69, 9.17) is 4.74 Å². The molecule has 1 aromatic rings. The van der Waals surface area contributed by atoms with Gasteiger partial charge in [-0.1, -0.05) is 12.2 Å². The summed E-state index contributed by atoms with van der Waals surface area (Å²) in [5, 5.41) is 14.9. The number of allylic oxidation sites excluding steroid dienone is 2. The second-order valence-corrected chi connectivity index (χ2v) is 7.32. The van der Waals surface area contributed by atoms with E-state index >= 15 is 0 Å². The van der Waals surface area contributed by atoms with Crippen molar-refractivity contribution in [3.63, 3.8) is 0 Å². The number of phenolic OH excluding ortho intramolecular Hbond substituents is 1. The van der Waals surface area contributed by atoms with Crippen molar-refractivity contribution >= 4 is 18.0 Å². The molecule has 6 atom stereocenters. The first kappa shape index (κ1) is 14.7. The van der Waals surface area contributed by atoms with Crippen LogP contribution in [0.4, 0.5) is 0 Å². The molecule has 1 aromatic carbocycles. The largest absolute Gasteiger partial charge is 0.504 e. The molecule has 1 saturated heterocycles. The van der Waals surface area contributed by atoms with E-state index in [1.807, 2.05) is 0 Å². The highest BCUT2D eigenvalue weighted by Crippen LogP contribution is 2.65. The predicted molar refractivity (Wildman–Crippen MR) is 88.8 cm³/mol. The highest BCUT2D eigenvalue weighted by atomic mass is 16.5. The minimum atomic E-state index is -0.238. The number of carbonyl (C=O) groups excluding carboxylic acids is 2. The van der Waals surface area contributed by atoms with Crippen LogP contribution in [-0.2, 0) is 9.59 Å². The van der Waals surface area contributed by atoms with Crippen LogP contribution in [0, 0.1) is 35.5 Å². The third-order valence-corrected chi connectivity index (χ3v) is 6.17. The zero-order chi connectivity index (χ0) is 17.3. The highest BCUT2D eigenvalue weighted by molar-refractivity contribution is 6.06. The van der Waals surface area contributed by atoms with Gasteiger partial charge in [0.25, 0.3) is 11.8 Å². The lowest BCUT2D eigenvalue weighted by atomic mass is 9.63. The molecule has 1 N–H and O–H groups in total. The van der Waals surface area contributed by atoms with E-state index in [-0.39, 0.29) is 41.2 Å². The Hall–Kier alpha value is -2.63. The zero-order valence-corrected chi connectivity index (χ0v) is 13.7. The lowest BCUT2D eigenvalue weighted by Gasteiger charge is -2.37. The van der Waals surface area contributed by atoms with Crippen LogP contribution in [0.1, 0.15) is 12.0 Å². The summed E-state index contributed by atoms with van der Waals surface area (Å²) in [6.45, 7) is 0. The minimum Gasteiger partial charge on any atom is -0.504 e. The molecule has 0 aromatic heterocycles. The van der Waals surface area contributed by atoms with E-state index < -0.39 is 0 Å². The average Bonchev–Trinajstić information content (AvgIpc) is 3.40. The first-order chi connectivity index (χ1) is 12.1. The van der Waals surface area contributed by atoms with Crippen LogP contribution in [0.2, 0.25) is 0 Å². The van der Waals surface area contributed by atoms with Gasteiger partial charge in [0.15, 0.2) is 11.5 Å². The normalized spacial score (nSPS) is 37.6. The fraction of sp³-hybridized carbons (Fsp3) is 0.421. The number of nitrogens with zero attached hydrogens (tertiary/aromatic N) is 2. The topological polar surface area (TPSA) is 79.2 Å². The summed E-state index contributed by atoms with van der Waals surface area (Å²) in [5.74, 6) is 1.08. The summed E-state index contributed by atoms with van der Waals surface area (Å²) >= 11 is 0. The first-order valence-electron chi connectivity index (χ1n) is 8.57. The number of rotatable bonds is 3. The summed E-state index contributed by atoms with van der Waals surface area (Å²) in [5.41, 5.74) is 0.647. The summed E-state index contributed by atoms with van der Waals surface area (Å²) in [6, 6.07) is 4.75. The molecule has 1 aliphatic heterocycles. The SMILES string of the molecule is COc1cc(/C=N\N2C(=O)[C@@H]3[C@@H]4C=C[C@H]([C@@H]5C[C@H]45)[C@H]3C2=O)ccc1O. The number of hydrazone groups is 1. The quantitative estimate of drug-likeness (QED) is 0.518. The Kier molecular flexibility index (Phi) is 2.90. The molecule has 5 aliphatic rings. The molecule has 25 heavy (non-hydrogen) atoms. The molecule has 4 aliphatic carbocycles. The van der Waals surface area contributed by atoms with Crippen LogP contribution in [0.3, 0.4) is 0 Å². The minimum absolute atomic E-state index is 0.0286. The smallest absolute Gasteiger partial charge is 0.254 e.